The van der Waals surface area contributed by atoms with Crippen LogP contribution in [-0.2, 0) is 4.74 Å². The van der Waals surface area contributed by atoms with E-state index in [2.05, 4.69) is 21.8 Å². The maximum Gasteiger partial charge on any atom is 0.410 e. The van der Waals surface area contributed by atoms with Crippen LogP contribution in [0.15, 0.2) is 36.8 Å². The Labute approximate surface area is 187 Å². The van der Waals surface area contributed by atoms with Crippen LogP contribution in [0.2, 0.25) is 0 Å². The number of imidazole rings is 1. The lowest BCUT2D eigenvalue weighted by atomic mass is 10.0. The van der Waals surface area contributed by atoms with Crippen molar-refractivity contribution in [3.8, 4) is 11.5 Å². The molecule has 0 bridgehead atoms. The molecule has 1 amide bonds. The molecule has 1 fully saturated rings. The van der Waals surface area contributed by atoms with Gasteiger partial charge in [0.1, 0.15) is 28.6 Å². The Bertz CT molecular complexity index is 1110. The summed E-state index contributed by atoms with van der Waals surface area (Å²) >= 11 is 0. The van der Waals surface area contributed by atoms with Crippen molar-refractivity contribution in [1.82, 2.24) is 24.3 Å². The number of ether oxygens (including phenoxy) is 1. The molecule has 1 aliphatic rings. The fourth-order valence-corrected chi connectivity index (χ4v) is 4.06. The lowest BCUT2D eigenvalue weighted by molar-refractivity contribution is 0.0198. The number of rotatable bonds is 4. The molecule has 4 heterocycles. The zero-order valence-electron chi connectivity index (χ0n) is 19.0. The summed E-state index contributed by atoms with van der Waals surface area (Å²) in [5.41, 5.74) is 0.725. The van der Waals surface area contributed by atoms with Crippen LogP contribution in [0.4, 0.5) is 15.0 Å². The van der Waals surface area contributed by atoms with Crippen molar-refractivity contribution in [2.24, 2.45) is 0 Å². The van der Waals surface area contributed by atoms with Crippen LogP contribution in [0.5, 0.6) is 0 Å². The van der Waals surface area contributed by atoms with E-state index in [1.807, 2.05) is 26.8 Å². The second-order valence-corrected chi connectivity index (χ2v) is 8.97. The third kappa shape index (κ3) is 4.66. The number of amides is 1. The number of likely N-dealkylation sites (tertiary alicyclic amines) is 1. The Hall–Kier alpha value is -3.23. The number of pyridine rings is 1. The Morgan fingerprint density at radius 2 is 2.09 bits per heavy atom. The first-order valence-electron chi connectivity index (χ1n) is 11.0. The van der Waals surface area contributed by atoms with Gasteiger partial charge in [0.2, 0.25) is 0 Å². The molecule has 1 atom stereocenters. The standard InChI is InChI=1S/C23H29FN6O2/c1-5-29(17-7-6-12-28(15-17)22(31)32-23(2,3)4)20-10-11-25-21(27-20)18-13-26-19-9-8-16(24)14-30(18)19/h8-11,13-14,17H,5-7,12,15H2,1-4H3/t17-/m1/s1. The van der Waals surface area contributed by atoms with Crippen molar-refractivity contribution in [3.05, 3.63) is 42.6 Å². The van der Waals surface area contributed by atoms with E-state index in [4.69, 9.17) is 9.72 Å². The molecule has 1 saturated heterocycles. The van der Waals surface area contributed by atoms with Gasteiger partial charge in [0.25, 0.3) is 0 Å². The average Bonchev–Trinajstić information content (AvgIpc) is 3.16. The largest absolute Gasteiger partial charge is 0.444 e. The van der Waals surface area contributed by atoms with Crippen LogP contribution in [0, 0.1) is 5.82 Å². The summed E-state index contributed by atoms with van der Waals surface area (Å²) in [6.45, 7) is 9.68. The summed E-state index contributed by atoms with van der Waals surface area (Å²) in [5, 5.41) is 0. The molecule has 0 aliphatic carbocycles. The molecular formula is C23H29FN6O2. The zero-order chi connectivity index (χ0) is 22.9. The lowest BCUT2D eigenvalue weighted by Crippen LogP contribution is -2.51. The third-order valence-electron chi connectivity index (χ3n) is 5.46. The van der Waals surface area contributed by atoms with Gasteiger partial charge in [-0.3, -0.25) is 4.40 Å². The second-order valence-electron chi connectivity index (χ2n) is 8.97. The summed E-state index contributed by atoms with van der Waals surface area (Å²) in [6, 6.07) is 4.97. The van der Waals surface area contributed by atoms with Crippen molar-refractivity contribution in [2.45, 2.75) is 52.2 Å². The molecule has 3 aromatic rings. The molecule has 0 N–H and O–H groups in total. The Balaban J connectivity index is 1.58. The van der Waals surface area contributed by atoms with Gasteiger partial charge in [-0.25, -0.2) is 24.1 Å². The highest BCUT2D eigenvalue weighted by Crippen LogP contribution is 2.25. The molecule has 3 aromatic heterocycles. The van der Waals surface area contributed by atoms with E-state index in [9.17, 15) is 9.18 Å². The van der Waals surface area contributed by atoms with E-state index in [-0.39, 0.29) is 18.0 Å². The van der Waals surface area contributed by atoms with Gasteiger partial charge in [0.15, 0.2) is 5.82 Å². The molecule has 9 heteroatoms. The fourth-order valence-electron chi connectivity index (χ4n) is 4.06. The molecule has 0 saturated carbocycles. The van der Waals surface area contributed by atoms with Crippen LogP contribution < -0.4 is 4.90 Å². The predicted octanol–water partition coefficient (Wildman–Crippen LogP) is 4.16. The maximum absolute atomic E-state index is 13.8. The van der Waals surface area contributed by atoms with Crippen molar-refractivity contribution in [1.29, 1.82) is 0 Å². The summed E-state index contributed by atoms with van der Waals surface area (Å²) in [7, 11) is 0. The fraction of sp³-hybridized carbons (Fsp3) is 0.478. The first kappa shape index (κ1) is 22.0. The number of nitrogens with zero attached hydrogens (tertiary/aromatic N) is 6. The summed E-state index contributed by atoms with van der Waals surface area (Å²) < 4.78 is 21.0. The zero-order valence-corrected chi connectivity index (χ0v) is 19.0. The number of likely N-dealkylation sites (N-methyl/N-ethyl adjacent to an activating group) is 1. The summed E-state index contributed by atoms with van der Waals surface area (Å²) in [5.74, 6) is 0.881. The first-order chi connectivity index (χ1) is 15.2. The molecular weight excluding hydrogens is 411 g/mol. The van der Waals surface area contributed by atoms with E-state index in [0.29, 0.717) is 30.3 Å². The monoisotopic (exact) mass is 440 g/mol. The molecule has 0 aromatic carbocycles. The number of carbonyl (C=O) groups is 1. The number of anilines is 1. The minimum atomic E-state index is -0.524. The van der Waals surface area contributed by atoms with Crippen molar-refractivity contribution in [2.75, 3.05) is 24.5 Å². The van der Waals surface area contributed by atoms with E-state index in [0.717, 1.165) is 25.2 Å². The normalized spacial score (nSPS) is 16.9. The van der Waals surface area contributed by atoms with E-state index in [1.54, 1.807) is 27.8 Å². The number of piperidine rings is 1. The minimum Gasteiger partial charge on any atom is -0.444 e. The van der Waals surface area contributed by atoms with Gasteiger partial charge in [-0.2, -0.15) is 0 Å². The van der Waals surface area contributed by atoms with Gasteiger partial charge < -0.3 is 14.5 Å². The van der Waals surface area contributed by atoms with Crippen LogP contribution in [-0.4, -0.2) is 61.6 Å². The Morgan fingerprint density at radius 3 is 2.84 bits per heavy atom. The number of hydrogen-bond donors (Lipinski definition) is 0. The molecule has 0 spiro atoms. The van der Waals surface area contributed by atoms with Gasteiger partial charge in [-0.15, -0.1) is 0 Å². The van der Waals surface area contributed by atoms with Crippen molar-refractivity contribution < 1.29 is 13.9 Å². The first-order valence-corrected chi connectivity index (χ1v) is 11.0. The molecule has 0 unspecified atom stereocenters. The Morgan fingerprint density at radius 1 is 1.28 bits per heavy atom. The predicted molar refractivity (Wildman–Crippen MR) is 120 cm³/mol. The average molecular weight is 441 g/mol. The van der Waals surface area contributed by atoms with Gasteiger partial charge >= 0.3 is 6.09 Å². The van der Waals surface area contributed by atoms with E-state index in [1.165, 1.54) is 12.3 Å². The number of hydrogen-bond acceptors (Lipinski definition) is 6. The number of carbonyl (C=O) groups excluding carboxylic acids is 1. The highest BCUT2D eigenvalue weighted by molar-refractivity contribution is 5.68. The van der Waals surface area contributed by atoms with E-state index >= 15 is 0 Å². The molecule has 1 aliphatic heterocycles. The van der Waals surface area contributed by atoms with Crippen LogP contribution in [0.3, 0.4) is 0 Å². The van der Waals surface area contributed by atoms with Gasteiger partial charge in [0.05, 0.1) is 6.20 Å². The number of halogens is 1. The topological polar surface area (TPSA) is 75.9 Å². The quantitative estimate of drug-likeness (QED) is 0.607. The SMILES string of the molecule is CCN(c1ccnc(-c2cnc3ccc(F)cn23)n1)[C@@H]1CCCN(C(=O)OC(C)(C)C)C1. The number of fused-ring (bicyclic) bond motifs is 1. The van der Waals surface area contributed by atoms with Gasteiger partial charge in [0, 0.05) is 38.1 Å². The second kappa shape index (κ2) is 8.72. The lowest BCUT2D eigenvalue weighted by Gasteiger charge is -2.39. The minimum absolute atomic E-state index is 0.114. The molecule has 32 heavy (non-hydrogen) atoms. The highest BCUT2D eigenvalue weighted by atomic mass is 19.1. The Kier molecular flexibility index (Phi) is 5.99. The smallest absolute Gasteiger partial charge is 0.410 e. The number of aromatic nitrogens is 4. The van der Waals surface area contributed by atoms with Crippen molar-refractivity contribution in [3.63, 3.8) is 0 Å². The van der Waals surface area contributed by atoms with Crippen LogP contribution in [0.1, 0.15) is 40.5 Å². The molecule has 170 valence electrons. The van der Waals surface area contributed by atoms with Gasteiger partial charge in [-0.05, 0) is 58.7 Å². The van der Waals surface area contributed by atoms with E-state index < -0.39 is 5.60 Å². The highest BCUT2D eigenvalue weighted by Gasteiger charge is 2.31. The summed E-state index contributed by atoms with van der Waals surface area (Å²) in [4.78, 5) is 30.0. The van der Waals surface area contributed by atoms with Gasteiger partial charge in [-0.1, -0.05) is 0 Å². The molecule has 8 nitrogen and oxygen atoms in total. The molecule has 4 rings (SSSR count). The van der Waals surface area contributed by atoms with Crippen LogP contribution in [0.25, 0.3) is 17.2 Å². The maximum atomic E-state index is 13.8. The van der Waals surface area contributed by atoms with Crippen molar-refractivity contribution >= 4 is 17.6 Å². The summed E-state index contributed by atoms with van der Waals surface area (Å²) in [6.07, 6.45) is 6.29. The molecule has 0 radical (unpaired) electrons. The third-order valence-corrected chi connectivity index (χ3v) is 5.46. The van der Waals surface area contributed by atoms with Crippen LogP contribution >= 0.6 is 0 Å².